The van der Waals surface area contributed by atoms with E-state index in [2.05, 4.69) is 25.6 Å². The summed E-state index contributed by atoms with van der Waals surface area (Å²) in [6.45, 7) is 1.97. The van der Waals surface area contributed by atoms with Gasteiger partial charge in [0.15, 0.2) is 0 Å². The number of nitrogens with two attached hydrogens (primary N) is 1. The topological polar surface area (TPSA) is 88.8 Å². The van der Waals surface area contributed by atoms with Gasteiger partial charge < -0.3 is 16.4 Å². The van der Waals surface area contributed by atoms with Gasteiger partial charge in [-0.1, -0.05) is 12.1 Å². The molecule has 0 aliphatic rings. The van der Waals surface area contributed by atoms with Gasteiger partial charge in [-0.05, 0) is 24.6 Å². The second-order valence-corrected chi connectivity index (χ2v) is 5.30. The quantitative estimate of drug-likeness (QED) is 0.665. The highest BCUT2D eigenvalue weighted by molar-refractivity contribution is 5.62. The van der Waals surface area contributed by atoms with Crippen molar-refractivity contribution in [1.82, 2.24) is 15.0 Å². The number of nitrogens with zero attached hydrogens (tertiary/aromatic N) is 3. The lowest BCUT2D eigenvalue weighted by Crippen LogP contribution is -2.09. The van der Waals surface area contributed by atoms with Crippen molar-refractivity contribution >= 4 is 23.1 Å². The minimum Gasteiger partial charge on any atom is -0.399 e. The van der Waals surface area contributed by atoms with Crippen LogP contribution in [0, 0.1) is 5.82 Å². The van der Waals surface area contributed by atoms with Crippen molar-refractivity contribution in [1.29, 1.82) is 0 Å². The summed E-state index contributed by atoms with van der Waals surface area (Å²) in [5.74, 6) is 1.49. The Morgan fingerprint density at radius 1 is 1.04 bits per heavy atom. The molecule has 4 N–H and O–H groups in total. The number of nitrogen functional groups attached to an aromatic ring is 1. The molecule has 0 radical (unpaired) electrons. The van der Waals surface area contributed by atoms with Crippen molar-refractivity contribution in [3.63, 3.8) is 0 Å². The molecule has 6 nitrogen and oxygen atoms in total. The van der Waals surface area contributed by atoms with Crippen molar-refractivity contribution in [3.05, 3.63) is 66.4 Å². The number of hydrogen-bond donors (Lipinski definition) is 3. The standard InChI is InChI=1S/C17H17FN6/c1-11(12-2-4-13(18)5-3-12)22-15-8-14(19)9-16(23-15)24-17-10-20-6-7-21-17/h2-11H,1H3,(H4,19,21,22,23,24)/t11-/m0/s1. The van der Waals surface area contributed by atoms with Gasteiger partial charge in [0, 0.05) is 36.3 Å². The van der Waals surface area contributed by atoms with Crippen LogP contribution >= 0.6 is 0 Å². The number of rotatable bonds is 5. The van der Waals surface area contributed by atoms with Gasteiger partial charge in [0.2, 0.25) is 0 Å². The third-order valence-electron chi connectivity index (χ3n) is 3.40. The van der Waals surface area contributed by atoms with Crippen LogP contribution in [0.3, 0.4) is 0 Å². The van der Waals surface area contributed by atoms with Crippen molar-refractivity contribution in [3.8, 4) is 0 Å². The first-order valence-electron chi connectivity index (χ1n) is 7.43. The molecule has 3 aromatic rings. The average Bonchev–Trinajstić information content (AvgIpc) is 2.55. The highest BCUT2D eigenvalue weighted by Gasteiger charge is 2.08. The molecule has 1 atom stereocenters. The molecule has 2 aromatic heterocycles. The first-order valence-corrected chi connectivity index (χ1v) is 7.43. The van der Waals surface area contributed by atoms with Crippen LogP contribution in [0.1, 0.15) is 18.5 Å². The van der Waals surface area contributed by atoms with Crippen molar-refractivity contribution in [2.24, 2.45) is 0 Å². The van der Waals surface area contributed by atoms with Gasteiger partial charge in [-0.25, -0.2) is 14.4 Å². The lowest BCUT2D eigenvalue weighted by Gasteiger charge is -2.16. The van der Waals surface area contributed by atoms with E-state index in [1.807, 2.05) is 6.92 Å². The number of halogens is 1. The molecule has 0 amide bonds. The van der Waals surface area contributed by atoms with Gasteiger partial charge in [-0.2, -0.15) is 0 Å². The summed E-state index contributed by atoms with van der Waals surface area (Å²) in [6, 6.07) is 9.73. The van der Waals surface area contributed by atoms with Crippen LogP contribution in [-0.2, 0) is 0 Å². The summed E-state index contributed by atoms with van der Waals surface area (Å²) in [7, 11) is 0. The van der Waals surface area contributed by atoms with E-state index in [1.165, 1.54) is 12.1 Å². The zero-order valence-electron chi connectivity index (χ0n) is 13.1. The van der Waals surface area contributed by atoms with Crippen LogP contribution in [-0.4, -0.2) is 15.0 Å². The van der Waals surface area contributed by atoms with Crippen LogP contribution < -0.4 is 16.4 Å². The molecule has 7 heteroatoms. The van der Waals surface area contributed by atoms with E-state index in [-0.39, 0.29) is 11.9 Å². The predicted octanol–water partition coefficient (Wildman–Crippen LogP) is 3.51. The summed E-state index contributed by atoms with van der Waals surface area (Å²) in [5, 5.41) is 6.31. The Labute approximate surface area is 139 Å². The molecule has 1 aromatic carbocycles. The van der Waals surface area contributed by atoms with Crippen LogP contribution in [0.4, 0.5) is 27.5 Å². The Morgan fingerprint density at radius 2 is 1.79 bits per heavy atom. The number of benzene rings is 1. The Hall–Kier alpha value is -3.22. The van der Waals surface area contributed by atoms with E-state index >= 15 is 0 Å². The normalized spacial score (nSPS) is 11.8. The van der Waals surface area contributed by atoms with Crippen LogP contribution in [0.5, 0.6) is 0 Å². The number of nitrogens with one attached hydrogen (secondary N) is 2. The van der Waals surface area contributed by atoms with Crippen molar-refractivity contribution in [2.45, 2.75) is 13.0 Å². The molecular weight excluding hydrogens is 307 g/mol. The van der Waals surface area contributed by atoms with Crippen LogP contribution in [0.25, 0.3) is 0 Å². The molecule has 0 bridgehead atoms. The number of hydrogen-bond acceptors (Lipinski definition) is 6. The highest BCUT2D eigenvalue weighted by Crippen LogP contribution is 2.23. The molecule has 0 spiro atoms. The Bertz CT molecular complexity index is 807. The fraction of sp³-hybridized carbons (Fsp3) is 0.118. The molecule has 0 unspecified atom stereocenters. The summed E-state index contributed by atoms with van der Waals surface area (Å²) in [5.41, 5.74) is 7.45. The largest absolute Gasteiger partial charge is 0.399 e. The highest BCUT2D eigenvalue weighted by atomic mass is 19.1. The smallest absolute Gasteiger partial charge is 0.150 e. The van der Waals surface area contributed by atoms with E-state index in [0.717, 1.165) is 5.56 Å². The second-order valence-electron chi connectivity index (χ2n) is 5.30. The van der Waals surface area contributed by atoms with Gasteiger partial charge in [0.05, 0.1) is 6.20 Å². The maximum atomic E-state index is 13.0. The van der Waals surface area contributed by atoms with Gasteiger partial charge in [0.25, 0.3) is 0 Å². The molecule has 0 fully saturated rings. The Balaban J connectivity index is 1.77. The first-order chi connectivity index (χ1) is 11.6. The summed E-state index contributed by atoms with van der Waals surface area (Å²) >= 11 is 0. The fourth-order valence-electron chi connectivity index (χ4n) is 2.24. The van der Waals surface area contributed by atoms with Crippen LogP contribution in [0.2, 0.25) is 0 Å². The Morgan fingerprint density at radius 3 is 2.50 bits per heavy atom. The average molecular weight is 324 g/mol. The molecule has 3 rings (SSSR count). The van der Waals surface area contributed by atoms with E-state index in [9.17, 15) is 4.39 Å². The van der Waals surface area contributed by atoms with Gasteiger partial charge in [-0.3, -0.25) is 4.98 Å². The van der Waals surface area contributed by atoms with E-state index < -0.39 is 0 Å². The molecule has 24 heavy (non-hydrogen) atoms. The van der Waals surface area contributed by atoms with Crippen LogP contribution in [0.15, 0.2) is 55.0 Å². The second kappa shape index (κ2) is 6.91. The van der Waals surface area contributed by atoms with Crippen molar-refractivity contribution < 1.29 is 4.39 Å². The molecule has 0 aliphatic heterocycles. The molecular formula is C17H17FN6. The molecule has 122 valence electrons. The maximum Gasteiger partial charge on any atom is 0.150 e. The predicted molar refractivity (Wildman–Crippen MR) is 92.4 cm³/mol. The summed E-state index contributed by atoms with van der Waals surface area (Å²) < 4.78 is 13.0. The zero-order valence-corrected chi connectivity index (χ0v) is 13.1. The maximum absolute atomic E-state index is 13.0. The molecule has 0 saturated heterocycles. The SMILES string of the molecule is C[C@H](Nc1cc(N)cc(Nc2cnccn2)n1)c1ccc(F)cc1. The lowest BCUT2D eigenvalue weighted by atomic mass is 10.1. The minimum absolute atomic E-state index is 0.0516. The molecule has 2 heterocycles. The number of anilines is 4. The van der Waals surface area contributed by atoms with Gasteiger partial charge >= 0.3 is 0 Å². The number of pyridine rings is 1. The summed E-state index contributed by atoms with van der Waals surface area (Å²) in [4.78, 5) is 12.6. The number of aromatic nitrogens is 3. The zero-order chi connectivity index (χ0) is 16.9. The van der Waals surface area contributed by atoms with Gasteiger partial charge in [0.1, 0.15) is 23.3 Å². The molecule has 0 aliphatic carbocycles. The lowest BCUT2D eigenvalue weighted by molar-refractivity contribution is 0.626. The van der Waals surface area contributed by atoms with Crippen molar-refractivity contribution in [2.75, 3.05) is 16.4 Å². The molecule has 0 saturated carbocycles. The monoisotopic (exact) mass is 324 g/mol. The summed E-state index contributed by atoms with van der Waals surface area (Å²) in [6.07, 6.45) is 4.78. The third kappa shape index (κ3) is 3.95. The first kappa shape index (κ1) is 15.7. The van der Waals surface area contributed by atoms with Gasteiger partial charge in [-0.15, -0.1) is 0 Å². The Kier molecular flexibility index (Phi) is 4.51. The third-order valence-corrected chi connectivity index (χ3v) is 3.40. The van der Waals surface area contributed by atoms with E-state index in [0.29, 0.717) is 23.1 Å². The minimum atomic E-state index is -0.261. The van der Waals surface area contributed by atoms with E-state index in [1.54, 1.807) is 42.9 Å². The fourth-order valence-corrected chi connectivity index (χ4v) is 2.24. The van der Waals surface area contributed by atoms with E-state index in [4.69, 9.17) is 5.73 Å².